The molecule has 0 aliphatic carbocycles. The molecule has 1 saturated heterocycles. The molecule has 1 fully saturated rings. The van der Waals surface area contributed by atoms with Crippen molar-refractivity contribution in [3.8, 4) is 0 Å². The first-order chi connectivity index (χ1) is 9.52. The van der Waals surface area contributed by atoms with Gasteiger partial charge in [0.2, 0.25) is 0 Å². The second-order valence-corrected chi connectivity index (χ2v) is 5.42. The molecule has 2 heterocycles. The summed E-state index contributed by atoms with van der Waals surface area (Å²) in [5.74, 6) is 0. The number of nitrogens with zero attached hydrogens (tertiary/aromatic N) is 1. The zero-order chi connectivity index (χ0) is 14.3. The van der Waals surface area contributed by atoms with Gasteiger partial charge in [-0.3, -0.25) is 4.90 Å². The molecule has 0 amide bonds. The van der Waals surface area contributed by atoms with Crippen LogP contribution in [0.25, 0.3) is 11.0 Å². The second-order valence-electron chi connectivity index (χ2n) is 5.42. The molecule has 106 valence electrons. The Morgan fingerprint density at radius 2 is 1.95 bits per heavy atom. The molecule has 1 aliphatic rings. The highest BCUT2D eigenvalue weighted by Gasteiger charge is 2.29. The molecular weight excluding hydrogens is 258 g/mol. The molecule has 1 aliphatic heterocycles. The van der Waals surface area contributed by atoms with Gasteiger partial charge < -0.3 is 14.6 Å². The molecule has 0 radical (unpaired) electrons. The van der Waals surface area contributed by atoms with Crippen LogP contribution in [-0.4, -0.2) is 40.4 Å². The number of aliphatic hydroxyl groups is 2. The van der Waals surface area contributed by atoms with Crippen molar-refractivity contribution in [3.05, 3.63) is 45.8 Å². The molecule has 5 heteroatoms. The van der Waals surface area contributed by atoms with E-state index in [0.717, 1.165) is 16.5 Å². The quantitative estimate of drug-likeness (QED) is 0.787. The Bertz CT molecular complexity index is 684. The minimum Gasteiger partial charge on any atom is -0.423 e. The van der Waals surface area contributed by atoms with Crippen molar-refractivity contribution in [2.75, 3.05) is 13.1 Å². The topological polar surface area (TPSA) is 73.9 Å². The molecule has 2 aromatic rings. The van der Waals surface area contributed by atoms with Crippen molar-refractivity contribution >= 4 is 11.0 Å². The smallest absolute Gasteiger partial charge is 0.336 e. The molecule has 3 rings (SSSR count). The Morgan fingerprint density at radius 3 is 2.65 bits per heavy atom. The minimum atomic E-state index is -0.719. The normalized spacial score (nSPS) is 23.6. The zero-order valence-electron chi connectivity index (χ0n) is 11.2. The van der Waals surface area contributed by atoms with Crippen LogP contribution in [0.3, 0.4) is 0 Å². The highest BCUT2D eigenvalue weighted by molar-refractivity contribution is 5.80. The van der Waals surface area contributed by atoms with Crippen molar-refractivity contribution < 1.29 is 14.6 Å². The van der Waals surface area contributed by atoms with E-state index in [-0.39, 0.29) is 5.63 Å². The van der Waals surface area contributed by atoms with E-state index in [1.807, 2.05) is 30.0 Å². The maximum absolute atomic E-state index is 11.6. The lowest BCUT2D eigenvalue weighted by molar-refractivity contribution is 0.0572. The third-order valence-corrected chi connectivity index (χ3v) is 3.71. The lowest BCUT2D eigenvalue weighted by Crippen LogP contribution is -2.22. The third kappa shape index (κ3) is 2.47. The molecule has 2 atom stereocenters. The van der Waals surface area contributed by atoms with Crippen molar-refractivity contribution in [1.82, 2.24) is 4.90 Å². The van der Waals surface area contributed by atoms with Gasteiger partial charge >= 0.3 is 5.63 Å². The van der Waals surface area contributed by atoms with Crippen LogP contribution < -0.4 is 5.63 Å². The predicted octanol–water partition coefficient (Wildman–Crippen LogP) is 0.639. The van der Waals surface area contributed by atoms with Gasteiger partial charge in [-0.15, -0.1) is 0 Å². The number of benzene rings is 1. The van der Waals surface area contributed by atoms with E-state index in [2.05, 4.69) is 0 Å². The van der Waals surface area contributed by atoms with E-state index in [1.54, 1.807) is 0 Å². The molecule has 5 nitrogen and oxygen atoms in total. The summed E-state index contributed by atoms with van der Waals surface area (Å²) in [5.41, 5.74) is 2.09. The molecule has 0 saturated carbocycles. The Hall–Kier alpha value is -1.69. The standard InChI is InChI=1S/C15H17NO4/c1-9-2-3-11-10(5-15(19)20-14(11)4-9)6-16-7-12(17)13(18)8-16/h2-5,12-13,17-18H,6-8H2,1H3/t12-,13+. The van der Waals surface area contributed by atoms with Crippen molar-refractivity contribution in [2.45, 2.75) is 25.7 Å². The number of likely N-dealkylation sites (tertiary alicyclic amines) is 1. The van der Waals surface area contributed by atoms with Gasteiger partial charge in [-0.2, -0.15) is 0 Å². The zero-order valence-corrected chi connectivity index (χ0v) is 11.2. The lowest BCUT2D eigenvalue weighted by atomic mass is 10.1. The van der Waals surface area contributed by atoms with E-state index < -0.39 is 12.2 Å². The van der Waals surface area contributed by atoms with Crippen LogP contribution in [0.5, 0.6) is 0 Å². The fraction of sp³-hybridized carbons (Fsp3) is 0.400. The Balaban J connectivity index is 1.97. The summed E-state index contributed by atoms with van der Waals surface area (Å²) in [7, 11) is 0. The first kappa shape index (κ1) is 13.3. The number of rotatable bonds is 2. The van der Waals surface area contributed by atoms with Gasteiger partial charge in [0.25, 0.3) is 0 Å². The van der Waals surface area contributed by atoms with E-state index >= 15 is 0 Å². The van der Waals surface area contributed by atoms with E-state index in [0.29, 0.717) is 25.2 Å². The van der Waals surface area contributed by atoms with Crippen LogP contribution in [0.1, 0.15) is 11.1 Å². The number of hydrogen-bond donors (Lipinski definition) is 2. The number of β-amino-alcohol motifs (C(OH)–C–C–N with tert-alkyl or cyclic N) is 2. The summed E-state index contributed by atoms with van der Waals surface area (Å²) in [6.07, 6.45) is -1.44. The molecule has 0 bridgehead atoms. The van der Waals surface area contributed by atoms with Crippen LogP contribution in [0.2, 0.25) is 0 Å². The number of fused-ring (bicyclic) bond motifs is 1. The summed E-state index contributed by atoms with van der Waals surface area (Å²) in [5, 5.41) is 20.1. The lowest BCUT2D eigenvalue weighted by Gasteiger charge is -2.15. The third-order valence-electron chi connectivity index (χ3n) is 3.71. The van der Waals surface area contributed by atoms with Gasteiger partial charge in [0.1, 0.15) is 5.58 Å². The average molecular weight is 275 g/mol. The van der Waals surface area contributed by atoms with Crippen molar-refractivity contribution in [1.29, 1.82) is 0 Å². The van der Waals surface area contributed by atoms with Gasteiger partial charge in [-0.05, 0) is 24.1 Å². The summed E-state index contributed by atoms with van der Waals surface area (Å²) >= 11 is 0. The van der Waals surface area contributed by atoms with E-state index in [4.69, 9.17) is 4.42 Å². The number of aliphatic hydroxyl groups excluding tert-OH is 2. The van der Waals surface area contributed by atoms with Crippen molar-refractivity contribution in [3.63, 3.8) is 0 Å². The highest BCUT2D eigenvalue weighted by Crippen LogP contribution is 2.21. The molecule has 1 aromatic carbocycles. The predicted molar refractivity (Wildman–Crippen MR) is 74.5 cm³/mol. The largest absolute Gasteiger partial charge is 0.423 e. The fourth-order valence-electron chi connectivity index (χ4n) is 2.68. The Morgan fingerprint density at radius 1 is 1.25 bits per heavy atom. The first-order valence-corrected chi connectivity index (χ1v) is 6.65. The van der Waals surface area contributed by atoms with Gasteiger partial charge in [-0.25, -0.2) is 4.79 Å². The number of aryl methyl sites for hydroxylation is 1. The SMILES string of the molecule is Cc1ccc2c(CN3C[C@@H](O)[C@@H](O)C3)cc(=O)oc2c1. The Kier molecular flexibility index (Phi) is 3.33. The fourth-order valence-corrected chi connectivity index (χ4v) is 2.68. The first-order valence-electron chi connectivity index (χ1n) is 6.65. The summed E-state index contributed by atoms with van der Waals surface area (Å²) < 4.78 is 5.22. The maximum Gasteiger partial charge on any atom is 0.336 e. The maximum atomic E-state index is 11.6. The highest BCUT2D eigenvalue weighted by atomic mass is 16.4. The van der Waals surface area contributed by atoms with E-state index in [1.165, 1.54) is 6.07 Å². The summed E-state index contributed by atoms with van der Waals surface area (Å²) in [6.45, 7) is 3.28. The van der Waals surface area contributed by atoms with Gasteiger partial charge in [0.05, 0.1) is 12.2 Å². The number of hydrogen-bond acceptors (Lipinski definition) is 5. The van der Waals surface area contributed by atoms with Crippen LogP contribution in [-0.2, 0) is 6.54 Å². The molecule has 1 aromatic heterocycles. The van der Waals surface area contributed by atoms with E-state index in [9.17, 15) is 15.0 Å². The van der Waals surface area contributed by atoms with Gasteiger partial charge in [0.15, 0.2) is 0 Å². The van der Waals surface area contributed by atoms with Crippen LogP contribution in [0.15, 0.2) is 33.5 Å². The monoisotopic (exact) mass is 275 g/mol. The molecule has 0 spiro atoms. The molecule has 20 heavy (non-hydrogen) atoms. The van der Waals surface area contributed by atoms with Gasteiger partial charge in [0, 0.05) is 31.1 Å². The van der Waals surface area contributed by atoms with Crippen LogP contribution in [0.4, 0.5) is 0 Å². The van der Waals surface area contributed by atoms with Crippen LogP contribution in [0, 0.1) is 6.92 Å². The average Bonchev–Trinajstić information content (AvgIpc) is 2.67. The summed E-state index contributed by atoms with van der Waals surface area (Å²) in [6, 6.07) is 7.23. The van der Waals surface area contributed by atoms with Crippen molar-refractivity contribution in [2.24, 2.45) is 0 Å². The Labute approximate surface area is 116 Å². The molecule has 0 unspecified atom stereocenters. The van der Waals surface area contributed by atoms with Crippen LogP contribution >= 0.6 is 0 Å². The summed E-state index contributed by atoms with van der Waals surface area (Å²) in [4.78, 5) is 13.6. The minimum absolute atomic E-state index is 0.376. The second kappa shape index (κ2) is 5.01. The van der Waals surface area contributed by atoms with Gasteiger partial charge in [-0.1, -0.05) is 12.1 Å². The molecular formula is C15H17NO4. The molecule has 2 N–H and O–H groups in total.